The summed E-state index contributed by atoms with van der Waals surface area (Å²) in [6.45, 7) is 4.71. The molecular weight excluding hydrogens is 340 g/mol. The van der Waals surface area contributed by atoms with Gasteiger partial charge in [-0.15, -0.1) is 0 Å². The second-order valence-electron chi connectivity index (χ2n) is 7.37. The van der Waals surface area contributed by atoms with Gasteiger partial charge in [0.15, 0.2) is 0 Å². The lowest BCUT2D eigenvalue weighted by molar-refractivity contribution is -0.142. The summed E-state index contributed by atoms with van der Waals surface area (Å²) in [5.41, 5.74) is 0.999. The van der Waals surface area contributed by atoms with E-state index in [2.05, 4.69) is 15.2 Å². The third-order valence-corrected chi connectivity index (χ3v) is 5.44. The second kappa shape index (κ2) is 7.02. The Morgan fingerprint density at radius 1 is 1.00 bits per heavy atom. The van der Waals surface area contributed by atoms with Gasteiger partial charge in [-0.3, -0.25) is 9.59 Å². The molecular formula is C21H24N4O2. The molecule has 6 heteroatoms. The average Bonchev–Trinajstić information content (AvgIpc) is 3.52. The van der Waals surface area contributed by atoms with E-state index < -0.39 is 5.41 Å². The van der Waals surface area contributed by atoms with E-state index in [1.54, 1.807) is 6.20 Å². The van der Waals surface area contributed by atoms with E-state index in [1.165, 1.54) is 0 Å². The number of aryl methyl sites for hydroxylation is 1. The highest BCUT2D eigenvalue weighted by atomic mass is 16.2. The maximum atomic E-state index is 13.0. The van der Waals surface area contributed by atoms with E-state index in [9.17, 15) is 9.59 Å². The fraction of sp³-hybridized carbons (Fsp3) is 0.381. The van der Waals surface area contributed by atoms with Gasteiger partial charge in [0.2, 0.25) is 11.8 Å². The molecule has 2 aliphatic rings. The zero-order valence-electron chi connectivity index (χ0n) is 15.5. The van der Waals surface area contributed by atoms with Gasteiger partial charge in [0, 0.05) is 38.1 Å². The Morgan fingerprint density at radius 3 is 2.30 bits per heavy atom. The van der Waals surface area contributed by atoms with Crippen LogP contribution in [-0.2, 0) is 9.59 Å². The summed E-state index contributed by atoms with van der Waals surface area (Å²) in [4.78, 5) is 34.2. The van der Waals surface area contributed by atoms with E-state index in [0.29, 0.717) is 25.9 Å². The first-order valence-corrected chi connectivity index (χ1v) is 9.42. The molecule has 1 aromatic heterocycles. The van der Waals surface area contributed by atoms with Crippen molar-refractivity contribution in [2.75, 3.05) is 36.4 Å². The molecule has 1 N–H and O–H groups in total. The molecule has 0 spiro atoms. The summed E-state index contributed by atoms with van der Waals surface area (Å²) < 4.78 is 0. The van der Waals surface area contributed by atoms with Crippen LogP contribution in [0.4, 0.5) is 11.5 Å². The third-order valence-electron chi connectivity index (χ3n) is 5.44. The summed E-state index contributed by atoms with van der Waals surface area (Å²) in [6, 6.07) is 13.5. The van der Waals surface area contributed by atoms with Crippen molar-refractivity contribution in [1.82, 2.24) is 9.88 Å². The van der Waals surface area contributed by atoms with E-state index >= 15 is 0 Å². The summed E-state index contributed by atoms with van der Waals surface area (Å²) in [6.07, 6.45) is 3.04. The van der Waals surface area contributed by atoms with Crippen molar-refractivity contribution in [3.05, 3.63) is 54.2 Å². The molecule has 0 radical (unpaired) electrons. The molecule has 2 fully saturated rings. The lowest BCUT2D eigenvalue weighted by Gasteiger charge is -2.36. The van der Waals surface area contributed by atoms with Crippen molar-refractivity contribution in [2.24, 2.45) is 5.41 Å². The molecule has 1 saturated carbocycles. The lowest BCUT2D eigenvalue weighted by Crippen LogP contribution is -2.52. The summed E-state index contributed by atoms with van der Waals surface area (Å²) in [5, 5.41) is 2.92. The normalized spacial score (nSPS) is 18.1. The SMILES string of the molecule is Cc1ccc(NC(=O)C2(C(=O)N3CCN(c4ccccn4)CC3)CC2)cc1. The van der Waals surface area contributed by atoms with Crippen molar-refractivity contribution >= 4 is 23.3 Å². The molecule has 1 aromatic carbocycles. The molecule has 27 heavy (non-hydrogen) atoms. The maximum Gasteiger partial charge on any atom is 0.240 e. The highest BCUT2D eigenvalue weighted by Gasteiger charge is 2.58. The number of hydrogen-bond acceptors (Lipinski definition) is 4. The number of amides is 2. The molecule has 2 amide bonds. The van der Waals surface area contributed by atoms with Gasteiger partial charge in [-0.25, -0.2) is 4.98 Å². The van der Waals surface area contributed by atoms with Crippen LogP contribution in [0, 0.1) is 12.3 Å². The minimum atomic E-state index is -0.877. The molecule has 0 bridgehead atoms. The number of nitrogens with one attached hydrogen (secondary N) is 1. The zero-order valence-corrected chi connectivity index (χ0v) is 15.5. The van der Waals surface area contributed by atoms with Crippen molar-refractivity contribution in [2.45, 2.75) is 19.8 Å². The quantitative estimate of drug-likeness (QED) is 0.847. The Hall–Kier alpha value is -2.89. The first-order chi connectivity index (χ1) is 13.1. The van der Waals surface area contributed by atoms with Crippen molar-refractivity contribution in [1.29, 1.82) is 0 Å². The lowest BCUT2D eigenvalue weighted by atomic mass is 10.0. The Kier molecular flexibility index (Phi) is 4.56. The minimum absolute atomic E-state index is 0.0345. The van der Waals surface area contributed by atoms with Gasteiger partial charge in [0.05, 0.1) is 0 Å². The topological polar surface area (TPSA) is 65.5 Å². The predicted molar refractivity (Wildman–Crippen MR) is 105 cm³/mol. The molecule has 4 rings (SSSR count). The molecule has 1 aliphatic carbocycles. The standard InChI is InChI=1S/C21H24N4O2/c1-16-5-7-17(8-6-16)23-19(26)21(9-10-21)20(27)25-14-12-24(13-15-25)18-4-2-3-11-22-18/h2-8,11H,9-10,12-15H2,1H3,(H,23,26). The van der Waals surface area contributed by atoms with Crippen molar-refractivity contribution in [3.8, 4) is 0 Å². The van der Waals surface area contributed by atoms with E-state index in [4.69, 9.17) is 0 Å². The Morgan fingerprint density at radius 2 is 1.70 bits per heavy atom. The van der Waals surface area contributed by atoms with E-state index in [1.807, 2.05) is 54.3 Å². The molecule has 6 nitrogen and oxygen atoms in total. The molecule has 140 valence electrons. The number of aromatic nitrogens is 1. The number of carbonyl (C=O) groups is 2. The number of piperazine rings is 1. The largest absolute Gasteiger partial charge is 0.353 e. The molecule has 0 unspecified atom stereocenters. The number of hydrogen-bond donors (Lipinski definition) is 1. The van der Waals surface area contributed by atoms with Gasteiger partial charge in [-0.1, -0.05) is 23.8 Å². The monoisotopic (exact) mass is 364 g/mol. The first kappa shape index (κ1) is 17.5. The molecule has 2 aromatic rings. The highest BCUT2D eigenvalue weighted by Crippen LogP contribution is 2.48. The van der Waals surface area contributed by atoms with Gasteiger partial charge >= 0.3 is 0 Å². The van der Waals surface area contributed by atoms with Crippen molar-refractivity contribution in [3.63, 3.8) is 0 Å². The van der Waals surface area contributed by atoms with Crippen LogP contribution in [0.3, 0.4) is 0 Å². The molecule has 0 atom stereocenters. The minimum Gasteiger partial charge on any atom is -0.353 e. The van der Waals surface area contributed by atoms with Crippen molar-refractivity contribution < 1.29 is 9.59 Å². The van der Waals surface area contributed by atoms with Gasteiger partial charge in [-0.05, 0) is 44.0 Å². The van der Waals surface area contributed by atoms with Crippen LogP contribution in [0.25, 0.3) is 0 Å². The first-order valence-electron chi connectivity index (χ1n) is 9.42. The number of anilines is 2. The summed E-state index contributed by atoms with van der Waals surface area (Å²) in [7, 11) is 0. The number of pyridine rings is 1. The Labute approximate surface area is 159 Å². The Bertz CT molecular complexity index is 823. The third kappa shape index (κ3) is 3.52. The van der Waals surface area contributed by atoms with Gasteiger partial charge in [0.1, 0.15) is 11.2 Å². The van der Waals surface area contributed by atoms with Crippen LogP contribution in [0.1, 0.15) is 18.4 Å². The number of nitrogens with zero attached hydrogens (tertiary/aromatic N) is 3. The van der Waals surface area contributed by atoms with Gasteiger partial charge < -0.3 is 15.1 Å². The fourth-order valence-corrected chi connectivity index (χ4v) is 3.53. The highest BCUT2D eigenvalue weighted by molar-refractivity contribution is 6.13. The maximum absolute atomic E-state index is 13.0. The summed E-state index contributed by atoms with van der Waals surface area (Å²) >= 11 is 0. The zero-order chi connectivity index (χ0) is 18.9. The molecule has 2 heterocycles. The van der Waals surface area contributed by atoms with Gasteiger partial charge in [-0.2, -0.15) is 0 Å². The van der Waals surface area contributed by atoms with Crippen LogP contribution in [0.2, 0.25) is 0 Å². The van der Waals surface area contributed by atoms with E-state index in [-0.39, 0.29) is 11.8 Å². The fourth-order valence-electron chi connectivity index (χ4n) is 3.53. The van der Waals surface area contributed by atoms with Crippen LogP contribution in [-0.4, -0.2) is 47.9 Å². The number of carbonyl (C=O) groups excluding carboxylic acids is 2. The number of benzene rings is 1. The summed E-state index contributed by atoms with van der Waals surface area (Å²) in [5.74, 6) is 0.721. The van der Waals surface area contributed by atoms with Crippen LogP contribution in [0.15, 0.2) is 48.7 Å². The van der Waals surface area contributed by atoms with Crippen LogP contribution in [0.5, 0.6) is 0 Å². The predicted octanol–water partition coefficient (Wildman–Crippen LogP) is 2.46. The van der Waals surface area contributed by atoms with Crippen LogP contribution >= 0.6 is 0 Å². The van der Waals surface area contributed by atoms with Crippen LogP contribution < -0.4 is 10.2 Å². The second-order valence-corrected chi connectivity index (χ2v) is 7.37. The number of rotatable bonds is 4. The van der Waals surface area contributed by atoms with Gasteiger partial charge in [0.25, 0.3) is 0 Å². The van der Waals surface area contributed by atoms with E-state index in [0.717, 1.165) is 30.2 Å². The molecule has 1 saturated heterocycles. The average molecular weight is 364 g/mol. The molecule has 1 aliphatic heterocycles. The Balaban J connectivity index is 1.38. The smallest absolute Gasteiger partial charge is 0.240 e.